The summed E-state index contributed by atoms with van der Waals surface area (Å²) in [6, 6.07) is 11.8. The molecular formula is C18H22FN. The maximum atomic E-state index is 13.2. The Bertz CT molecular complexity index is 604. The average molecular weight is 271 g/mol. The summed E-state index contributed by atoms with van der Waals surface area (Å²) in [5.74, 6) is -0.168. The summed E-state index contributed by atoms with van der Waals surface area (Å²) >= 11 is 0. The molecule has 2 rings (SSSR count). The van der Waals surface area contributed by atoms with Crippen molar-refractivity contribution in [1.82, 2.24) is 5.32 Å². The first kappa shape index (κ1) is 14.7. The molecule has 0 aromatic heterocycles. The van der Waals surface area contributed by atoms with E-state index in [1.54, 1.807) is 6.07 Å². The van der Waals surface area contributed by atoms with Gasteiger partial charge < -0.3 is 5.32 Å². The zero-order valence-electron chi connectivity index (χ0n) is 12.6. The number of halogens is 1. The minimum absolute atomic E-state index is 0.168. The molecule has 20 heavy (non-hydrogen) atoms. The van der Waals surface area contributed by atoms with E-state index in [1.807, 2.05) is 20.0 Å². The van der Waals surface area contributed by atoms with Gasteiger partial charge in [0.15, 0.2) is 0 Å². The van der Waals surface area contributed by atoms with Crippen molar-refractivity contribution in [2.75, 3.05) is 7.05 Å². The van der Waals surface area contributed by atoms with Gasteiger partial charge in [0.05, 0.1) is 0 Å². The van der Waals surface area contributed by atoms with Crippen molar-refractivity contribution in [3.8, 4) is 0 Å². The SMILES string of the molecule is CNC(Cc1ccc(F)cc1C)c1ccc(C)c(C)c1. The van der Waals surface area contributed by atoms with E-state index in [4.69, 9.17) is 0 Å². The Morgan fingerprint density at radius 2 is 1.70 bits per heavy atom. The van der Waals surface area contributed by atoms with E-state index in [9.17, 15) is 4.39 Å². The molecule has 2 heteroatoms. The van der Waals surface area contributed by atoms with E-state index in [0.717, 1.165) is 12.0 Å². The van der Waals surface area contributed by atoms with Crippen molar-refractivity contribution < 1.29 is 4.39 Å². The third-order valence-electron chi connectivity index (χ3n) is 4.01. The fraction of sp³-hybridized carbons (Fsp3) is 0.333. The van der Waals surface area contributed by atoms with E-state index >= 15 is 0 Å². The molecule has 2 aromatic carbocycles. The number of benzene rings is 2. The summed E-state index contributed by atoms with van der Waals surface area (Å²) in [4.78, 5) is 0. The molecule has 0 saturated heterocycles. The quantitative estimate of drug-likeness (QED) is 0.876. The predicted octanol–water partition coefficient (Wildman–Crippen LogP) is 4.25. The van der Waals surface area contributed by atoms with Crippen molar-refractivity contribution >= 4 is 0 Å². The van der Waals surface area contributed by atoms with Gasteiger partial charge in [0.1, 0.15) is 5.82 Å². The molecule has 1 N–H and O–H groups in total. The van der Waals surface area contributed by atoms with E-state index in [-0.39, 0.29) is 11.9 Å². The number of likely N-dealkylation sites (N-methyl/N-ethyl adjacent to an activating group) is 1. The molecule has 1 nitrogen and oxygen atoms in total. The minimum Gasteiger partial charge on any atom is -0.313 e. The van der Waals surface area contributed by atoms with Crippen LogP contribution in [0.3, 0.4) is 0 Å². The zero-order chi connectivity index (χ0) is 14.7. The first-order valence-corrected chi connectivity index (χ1v) is 7.00. The monoisotopic (exact) mass is 271 g/mol. The summed E-state index contributed by atoms with van der Waals surface area (Å²) in [6.45, 7) is 6.22. The number of aryl methyl sites for hydroxylation is 3. The van der Waals surface area contributed by atoms with Crippen molar-refractivity contribution in [3.05, 3.63) is 70.0 Å². The van der Waals surface area contributed by atoms with Crippen LogP contribution in [0.15, 0.2) is 36.4 Å². The third kappa shape index (κ3) is 3.26. The Morgan fingerprint density at radius 1 is 0.950 bits per heavy atom. The number of nitrogens with one attached hydrogen (secondary N) is 1. The first-order chi connectivity index (χ1) is 9.51. The highest BCUT2D eigenvalue weighted by Gasteiger charge is 2.12. The first-order valence-electron chi connectivity index (χ1n) is 7.00. The van der Waals surface area contributed by atoms with Crippen LogP contribution < -0.4 is 5.32 Å². The van der Waals surface area contributed by atoms with Gasteiger partial charge in [-0.3, -0.25) is 0 Å². The van der Waals surface area contributed by atoms with Crippen LogP contribution in [-0.2, 0) is 6.42 Å². The average Bonchev–Trinajstić information content (AvgIpc) is 2.41. The smallest absolute Gasteiger partial charge is 0.123 e. The highest BCUT2D eigenvalue weighted by atomic mass is 19.1. The van der Waals surface area contributed by atoms with Gasteiger partial charge in [0.2, 0.25) is 0 Å². The van der Waals surface area contributed by atoms with Gasteiger partial charge in [-0.05, 0) is 74.2 Å². The number of rotatable bonds is 4. The Morgan fingerprint density at radius 3 is 2.30 bits per heavy atom. The molecule has 0 amide bonds. The van der Waals surface area contributed by atoms with Crippen molar-refractivity contribution in [1.29, 1.82) is 0 Å². The molecule has 1 unspecified atom stereocenters. The largest absolute Gasteiger partial charge is 0.313 e. The summed E-state index contributed by atoms with van der Waals surface area (Å²) in [5.41, 5.74) is 6.08. The predicted molar refractivity (Wildman–Crippen MR) is 82.6 cm³/mol. The Labute approximate surface area is 120 Å². The fourth-order valence-electron chi connectivity index (χ4n) is 2.48. The number of hydrogen-bond acceptors (Lipinski definition) is 1. The van der Waals surface area contributed by atoms with Crippen LogP contribution >= 0.6 is 0 Å². The summed E-state index contributed by atoms with van der Waals surface area (Å²) in [7, 11) is 1.97. The molecular weight excluding hydrogens is 249 g/mol. The lowest BCUT2D eigenvalue weighted by Gasteiger charge is -2.19. The van der Waals surface area contributed by atoms with Gasteiger partial charge >= 0.3 is 0 Å². The zero-order valence-corrected chi connectivity index (χ0v) is 12.6. The van der Waals surface area contributed by atoms with Crippen LogP contribution in [0.2, 0.25) is 0 Å². The second-order valence-electron chi connectivity index (χ2n) is 5.46. The maximum absolute atomic E-state index is 13.2. The van der Waals surface area contributed by atoms with Gasteiger partial charge in [0.25, 0.3) is 0 Å². The molecule has 2 aromatic rings. The van der Waals surface area contributed by atoms with Gasteiger partial charge in [-0.1, -0.05) is 24.3 Å². The Hall–Kier alpha value is -1.67. The lowest BCUT2D eigenvalue weighted by Crippen LogP contribution is -2.19. The van der Waals surface area contributed by atoms with Crippen LogP contribution in [-0.4, -0.2) is 7.05 Å². The molecule has 0 spiro atoms. The molecule has 0 bridgehead atoms. The second-order valence-corrected chi connectivity index (χ2v) is 5.46. The Balaban J connectivity index is 2.26. The van der Waals surface area contributed by atoms with E-state index in [2.05, 4.69) is 37.4 Å². The Kier molecular flexibility index (Phi) is 4.56. The molecule has 0 radical (unpaired) electrons. The van der Waals surface area contributed by atoms with E-state index < -0.39 is 0 Å². The highest BCUT2D eigenvalue weighted by Crippen LogP contribution is 2.22. The molecule has 0 aliphatic heterocycles. The van der Waals surface area contributed by atoms with Crippen LogP contribution in [0.4, 0.5) is 4.39 Å². The highest BCUT2D eigenvalue weighted by molar-refractivity contribution is 5.34. The van der Waals surface area contributed by atoms with Crippen molar-refractivity contribution in [2.45, 2.75) is 33.2 Å². The van der Waals surface area contributed by atoms with Gasteiger partial charge in [-0.15, -0.1) is 0 Å². The third-order valence-corrected chi connectivity index (χ3v) is 4.01. The van der Waals surface area contributed by atoms with Crippen LogP contribution in [0, 0.1) is 26.6 Å². The summed E-state index contributed by atoms with van der Waals surface area (Å²) in [5, 5.41) is 3.36. The van der Waals surface area contributed by atoms with Crippen LogP contribution in [0.25, 0.3) is 0 Å². The normalized spacial score (nSPS) is 12.4. The van der Waals surface area contributed by atoms with Gasteiger partial charge in [-0.2, -0.15) is 0 Å². The van der Waals surface area contributed by atoms with Crippen LogP contribution in [0.5, 0.6) is 0 Å². The number of hydrogen-bond donors (Lipinski definition) is 1. The lowest BCUT2D eigenvalue weighted by atomic mass is 9.94. The molecule has 0 aliphatic rings. The second kappa shape index (κ2) is 6.19. The molecule has 106 valence electrons. The maximum Gasteiger partial charge on any atom is 0.123 e. The van der Waals surface area contributed by atoms with Gasteiger partial charge in [-0.25, -0.2) is 4.39 Å². The fourth-order valence-corrected chi connectivity index (χ4v) is 2.48. The lowest BCUT2D eigenvalue weighted by molar-refractivity contribution is 0.586. The minimum atomic E-state index is -0.168. The van der Waals surface area contributed by atoms with E-state index in [1.165, 1.54) is 28.3 Å². The topological polar surface area (TPSA) is 12.0 Å². The summed E-state index contributed by atoms with van der Waals surface area (Å²) < 4.78 is 13.2. The van der Waals surface area contributed by atoms with Crippen LogP contribution in [0.1, 0.15) is 33.9 Å². The standard InChI is InChI=1S/C18H22FN/c1-12-5-6-16(9-13(12)2)18(20-4)11-15-7-8-17(19)10-14(15)3/h5-10,18,20H,11H2,1-4H3. The summed E-state index contributed by atoms with van der Waals surface area (Å²) in [6.07, 6.45) is 0.866. The van der Waals surface area contributed by atoms with Gasteiger partial charge in [0, 0.05) is 6.04 Å². The molecule has 0 fully saturated rings. The molecule has 0 aliphatic carbocycles. The molecule has 0 heterocycles. The van der Waals surface area contributed by atoms with Crippen molar-refractivity contribution in [2.24, 2.45) is 0 Å². The molecule has 0 saturated carbocycles. The van der Waals surface area contributed by atoms with Crippen molar-refractivity contribution in [3.63, 3.8) is 0 Å². The molecule has 1 atom stereocenters. The van der Waals surface area contributed by atoms with E-state index in [0.29, 0.717) is 0 Å².